The lowest BCUT2D eigenvalue weighted by molar-refractivity contribution is -0.120. The number of para-hydroxylation sites is 1. The third kappa shape index (κ3) is 4.33. The molecule has 1 aliphatic rings. The molecule has 2 heterocycles. The first-order valence-electron chi connectivity index (χ1n) is 11.2. The molecule has 5 rings (SSSR count). The molecule has 0 spiro atoms. The first-order valence-corrected chi connectivity index (χ1v) is 11.2. The number of nitrogens with zero attached hydrogens (tertiary/aromatic N) is 4. The Bertz CT molecular complexity index is 1610. The molecule has 10 nitrogen and oxygen atoms in total. The van der Waals surface area contributed by atoms with E-state index < -0.39 is 34.6 Å². The molecule has 0 saturated heterocycles. The number of hydrogen-bond acceptors (Lipinski definition) is 6. The number of nitrogens with two attached hydrogens (primary N) is 1. The second-order valence-electron chi connectivity index (χ2n) is 8.55. The average molecular weight is 506 g/mol. The van der Waals surface area contributed by atoms with E-state index in [-0.39, 0.29) is 28.7 Å². The van der Waals surface area contributed by atoms with Gasteiger partial charge in [0, 0.05) is 31.1 Å². The Labute approximate surface area is 208 Å². The number of amides is 2. The smallest absolute Gasteiger partial charge is 0.350 e. The van der Waals surface area contributed by atoms with Crippen LogP contribution in [0.25, 0.3) is 5.69 Å². The molecule has 188 valence electrons. The maximum absolute atomic E-state index is 14.8. The van der Waals surface area contributed by atoms with Crippen LogP contribution in [0.3, 0.4) is 0 Å². The summed E-state index contributed by atoms with van der Waals surface area (Å²) < 4.78 is 36.3. The minimum atomic E-state index is -0.814. The van der Waals surface area contributed by atoms with Gasteiger partial charge in [0.05, 0.1) is 11.1 Å². The van der Waals surface area contributed by atoms with Crippen molar-refractivity contribution in [3.05, 3.63) is 94.4 Å². The van der Waals surface area contributed by atoms with E-state index in [9.17, 15) is 23.2 Å². The van der Waals surface area contributed by atoms with Crippen LogP contribution in [0.2, 0.25) is 0 Å². The molecule has 2 aromatic carbocycles. The number of carbonyl (C=O) groups excluding carboxylic acids is 2. The standard InChI is InChI=1S/C25H20F2N6O4/c1-32-21(31-33(24(32)36)18-5-3-2-4-16(18)26)22(34)30-14-6-7-19(17(27)12-14)37-15-8-11-29-20(13-15)25(9-10-25)23(28)35/h2-8,11-13H,9-10H2,1H3,(H2,28,35)(H,30,34). The zero-order valence-corrected chi connectivity index (χ0v) is 19.4. The first-order chi connectivity index (χ1) is 17.7. The largest absolute Gasteiger partial charge is 0.454 e. The van der Waals surface area contributed by atoms with E-state index in [4.69, 9.17) is 10.5 Å². The molecule has 0 atom stereocenters. The molecule has 0 aliphatic heterocycles. The second kappa shape index (κ2) is 8.97. The summed E-state index contributed by atoms with van der Waals surface area (Å²) in [6.45, 7) is 0. The highest BCUT2D eigenvalue weighted by Crippen LogP contribution is 2.47. The predicted molar refractivity (Wildman–Crippen MR) is 128 cm³/mol. The van der Waals surface area contributed by atoms with Gasteiger partial charge in [-0.1, -0.05) is 12.1 Å². The van der Waals surface area contributed by atoms with Gasteiger partial charge in [-0.05, 0) is 43.2 Å². The second-order valence-corrected chi connectivity index (χ2v) is 8.55. The number of aromatic nitrogens is 4. The molecular weight excluding hydrogens is 486 g/mol. The highest BCUT2D eigenvalue weighted by Gasteiger charge is 2.51. The molecule has 1 saturated carbocycles. The number of hydrogen-bond donors (Lipinski definition) is 2. The Hall–Kier alpha value is -4.87. The molecule has 37 heavy (non-hydrogen) atoms. The summed E-state index contributed by atoms with van der Waals surface area (Å²) in [6, 6.07) is 12.3. The fourth-order valence-corrected chi connectivity index (χ4v) is 3.88. The van der Waals surface area contributed by atoms with Gasteiger partial charge in [-0.2, -0.15) is 4.68 Å². The number of nitrogens with one attached hydrogen (secondary N) is 1. The maximum Gasteiger partial charge on any atom is 0.350 e. The molecule has 2 amide bonds. The van der Waals surface area contributed by atoms with Crippen LogP contribution in [-0.2, 0) is 17.3 Å². The number of halogens is 2. The fourth-order valence-electron chi connectivity index (χ4n) is 3.88. The number of pyridine rings is 1. The van der Waals surface area contributed by atoms with Gasteiger partial charge in [0.1, 0.15) is 17.3 Å². The summed E-state index contributed by atoms with van der Waals surface area (Å²) >= 11 is 0. The summed E-state index contributed by atoms with van der Waals surface area (Å²) in [5.41, 5.74) is 4.36. The number of anilines is 1. The molecule has 0 radical (unpaired) electrons. The quantitative estimate of drug-likeness (QED) is 0.396. The van der Waals surface area contributed by atoms with E-state index in [0.29, 0.717) is 18.5 Å². The SMILES string of the molecule is Cn1c(C(=O)Nc2ccc(Oc3ccnc(C4(C(N)=O)CC4)c3)c(F)c2)nn(-c2ccccc2F)c1=O. The number of rotatable bonds is 7. The Morgan fingerprint density at radius 1 is 1.08 bits per heavy atom. The van der Waals surface area contributed by atoms with Crippen LogP contribution in [0.15, 0.2) is 65.6 Å². The van der Waals surface area contributed by atoms with Crippen LogP contribution in [-0.4, -0.2) is 31.1 Å². The van der Waals surface area contributed by atoms with Crippen molar-refractivity contribution in [2.75, 3.05) is 5.32 Å². The van der Waals surface area contributed by atoms with Gasteiger partial charge in [-0.3, -0.25) is 19.1 Å². The van der Waals surface area contributed by atoms with Crippen molar-refractivity contribution in [1.29, 1.82) is 0 Å². The summed E-state index contributed by atoms with van der Waals surface area (Å²) in [6.07, 6.45) is 2.63. The number of carbonyl (C=O) groups is 2. The van der Waals surface area contributed by atoms with Crippen LogP contribution in [0, 0.1) is 11.6 Å². The summed E-state index contributed by atoms with van der Waals surface area (Å²) in [7, 11) is 1.31. The van der Waals surface area contributed by atoms with E-state index in [0.717, 1.165) is 21.4 Å². The number of ether oxygens (including phenoxy) is 1. The average Bonchev–Trinajstić information content (AvgIpc) is 3.64. The van der Waals surface area contributed by atoms with Gasteiger partial charge in [0.15, 0.2) is 11.6 Å². The molecule has 2 aromatic heterocycles. The third-order valence-corrected chi connectivity index (χ3v) is 6.13. The summed E-state index contributed by atoms with van der Waals surface area (Å²) in [5, 5.41) is 6.40. The maximum atomic E-state index is 14.8. The molecule has 1 fully saturated rings. The summed E-state index contributed by atoms with van der Waals surface area (Å²) in [5.74, 6) is -2.91. The van der Waals surface area contributed by atoms with Crippen molar-refractivity contribution in [3.8, 4) is 17.2 Å². The van der Waals surface area contributed by atoms with Gasteiger partial charge in [0.25, 0.3) is 5.91 Å². The van der Waals surface area contributed by atoms with Crippen LogP contribution < -0.4 is 21.5 Å². The Balaban J connectivity index is 1.34. The highest BCUT2D eigenvalue weighted by molar-refractivity contribution is 6.01. The van der Waals surface area contributed by atoms with Crippen molar-refractivity contribution in [3.63, 3.8) is 0 Å². The van der Waals surface area contributed by atoms with Gasteiger partial charge in [-0.15, -0.1) is 5.10 Å². The summed E-state index contributed by atoms with van der Waals surface area (Å²) in [4.78, 5) is 41.2. The van der Waals surface area contributed by atoms with Crippen LogP contribution in [0.4, 0.5) is 14.5 Å². The van der Waals surface area contributed by atoms with Crippen LogP contribution in [0.5, 0.6) is 11.5 Å². The van der Waals surface area contributed by atoms with Gasteiger partial charge in [-0.25, -0.2) is 13.6 Å². The van der Waals surface area contributed by atoms with Crippen LogP contribution in [0.1, 0.15) is 29.2 Å². The lowest BCUT2D eigenvalue weighted by atomic mass is 10.0. The minimum absolute atomic E-state index is 0.0730. The predicted octanol–water partition coefficient (Wildman–Crippen LogP) is 2.81. The minimum Gasteiger partial charge on any atom is -0.454 e. The molecule has 4 aromatic rings. The monoisotopic (exact) mass is 506 g/mol. The Morgan fingerprint density at radius 2 is 1.84 bits per heavy atom. The normalized spacial score (nSPS) is 13.7. The third-order valence-electron chi connectivity index (χ3n) is 6.13. The van der Waals surface area contributed by atoms with Crippen molar-refractivity contribution in [2.24, 2.45) is 12.8 Å². The number of primary amides is 1. The van der Waals surface area contributed by atoms with E-state index in [1.54, 1.807) is 6.07 Å². The van der Waals surface area contributed by atoms with Crippen molar-refractivity contribution in [1.82, 2.24) is 19.3 Å². The van der Waals surface area contributed by atoms with Crippen LogP contribution >= 0.6 is 0 Å². The van der Waals surface area contributed by atoms with Crippen molar-refractivity contribution < 1.29 is 23.1 Å². The molecule has 0 unspecified atom stereocenters. The molecular formula is C25H20F2N6O4. The first kappa shape index (κ1) is 23.9. The van der Waals surface area contributed by atoms with Gasteiger partial charge >= 0.3 is 5.69 Å². The molecule has 1 aliphatic carbocycles. The molecule has 12 heteroatoms. The zero-order valence-electron chi connectivity index (χ0n) is 19.4. The van der Waals surface area contributed by atoms with Crippen molar-refractivity contribution >= 4 is 17.5 Å². The highest BCUT2D eigenvalue weighted by atomic mass is 19.1. The van der Waals surface area contributed by atoms with Crippen molar-refractivity contribution in [2.45, 2.75) is 18.3 Å². The number of benzene rings is 2. The van der Waals surface area contributed by atoms with E-state index in [1.165, 1.54) is 49.6 Å². The lowest BCUT2D eigenvalue weighted by Gasteiger charge is -2.13. The molecule has 0 bridgehead atoms. The van der Waals surface area contributed by atoms with E-state index in [1.807, 2.05) is 0 Å². The van der Waals surface area contributed by atoms with Gasteiger partial charge in [0.2, 0.25) is 11.7 Å². The van der Waals surface area contributed by atoms with Gasteiger partial charge < -0.3 is 15.8 Å². The topological polar surface area (TPSA) is 134 Å². The zero-order chi connectivity index (χ0) is 26.3. The Kier molecular flexibility index (Phi) is 5.78. The van der Waals surface area contributed by atoms with E-state index >= 15 is 0 Å². The Morgan fingerprint density at radius 3 is 2.51 bits per heavy atom. The molecule has 3 N–H and O–H groups in total. The van der Waals surface area contributed by atoms with E-state index in [2.05, 4.69) is 15.4 Å². The fraction of sp³-hybridized carbons (Fsp3) is 0.160. The lowest BCUT2D eigenvalue weighted by Crippen LogP contribution is -2.29.